The van der Waals surface area contributed by atoms with E-state index in [4.69, 9.17) is 5.73 Å². The second-order valence-corrected chi connectivity index (χ2v) is 2.70. The van der Waals surface area contributed by atoms with Crippen molar-refractivity contribution in [3.05, 3.63) is 11.6 Å². The maximum absolute atomic E-state index is 5.84. The molecule has 0 aromatic rings. The van der Waals surface area contributed by atoms with Crippen molar-refractivity contribution in [2.75, 3.05) is 0 Å². The molecule has 1 unspecified atom stereocenters. The summed E-state index contributed by atoms with van der Waals surface area (Å²) in [5, 5.41) is 0. The predicted molar refractivity (Wildman–Crippen MR) is 45.1 cm³/mol. The van der Waals surface area contributed by atoms with Gasteiger partial charge in [0.25, 0.3) is 0 Å². The van der Waals surface area contributed by atoms with Gasteiger partial charge >= 0.3 is 0 Å². The third-order valence-corrected chi connectivity index (χ3v) is 1.73. The van der Waals surface area contributed by atoms with Gasteiger partial charge in [-0.2, -0.15) is 0 Å². The van der Waals surface area contributed by atoms with Gasteiger partial charge in [0.15, 0.2) is 5.84 Å². The molecule has 0 saturated heterocycles. The molecule has 4 heteroatoms. The molecule has 0 aromatic carbocycles. The summed E-state index contributed by atoms with van der Waals surface area (Å²) in [4.78, 5) is 12.0. The summed E-state index contributed by atoms with van der Waals surface area (Å²) in [5.74, 6) is 0.685. The van der Waals surface area contributed by atoms with Crippen LogP contribution in [0.4, 0.5) is 0 Å². The van der Waals surface area contributed by atoms with Crippen molar-refractivity contribution in [3.8, 4) is 0 Å². The molecule has 2 N–H and O–H groups in total. The highest BCUT2D eigenvalue weighted by Crippen LogP contribution is 2.22. The molecule has 11 heavy (non-hydrogen) atoms. The first-order chi connectivity index (χ1) is 5.20. The van der Waals surface area contributed by atoms with E-state index in [0.29, 0.717) is 5.84 Å². The van der Waals surface area contributed by atoms with Crippen LogP contribution in [0.25, 0.3) is 0 Å². The fourth-order valence-electron chi connectivity index (χ4n) is 1.10. The van der Waals surface area contributed by atoms with Gasteiger partial charge in [0, 0.05) is 11.8 Å². The van der Waals surface area contributed by atoms with Gasteiger partial charge in [-0.1, -0.05) is 0 Å². The van der Waals surface area contributed by atoms with Crippen LogP contribution in [-0.2, 0) is 0 Å². The highest BCUT2D eigenvalue weighted by Gasteiger charge is 2.30. The van der Waals surface area contributed by atoms with Crippen LogP contribution in [0, 0.1) is 0 Å². The standard InChI is InChI=1S/C7H8N4/c1-7(8)5-2-3-9-6(5)10-4-11-7/h2-4H,8H2,1H3. The summed E-state index contributed by atoms with van der Waals surface area (Å²) in [6.45, 7) is 1.83. The largest absolute Gasteiger partial charge is 0.303 e. The molecule has 0 amide bonds. The highest BCUT2D eigenvalue weighted by atomic mass is 15.1. The molecule has 0 saturated carbocycles. The molecule has 0 aromatic heterocycles. The molecule has 2 rings (SSSR count). The molecule has 2 aliphatic rings. The first-order valence-corrected chi connectivity index (χ1v) is 3.36. The van der Waals surface area contributed by atoms with Crippen LogP contribution in [-0.4, -0.2) is 24.1 Å². The van der Waals surface area contributed by atoms with Gasteiger partial charge in [-0.05, 0) is 13.0 Å². The van der Waals surface area contributed by atoms with Crippen molar-refractivity contribution in [2.24, 2.45) is 20.7 Å². The minimum atomic E-state index is -0.645. The molecule has 4 nitrogen and oxygen atoms in total. The van der Waals surface area contributed by atoms with Crippen molar-refractivity contribution in [1.29, 1.82) is 0 Å². The van der Waals surface area contributed by atoms with Crippen molar-refractivity contribution < 1.29 is 0 Å². The third kappa shape index (κ3) is 0.832. The lowest BCUT2D eigenvalue weighted by Crippen LogP contribution is -2.40. The molecule has 0 radical (unpaired) electrons. The fraction of sp³-hybridized carbons (Fsp3) is 0.286. The molecule has 0 bridgehead atoms. The molecule has 2 heterocycles. The van der Waals surface area contributed by atoms with E-state index in [1.54, 1.807) is 6.21 Å². The topological polar surface area (TPSA) is 63.1 Å². The van der Waals surface area contributed by atoms with Crippen LogP contribution >= 0.6 is 0 Å². The molecule has 0 spiro atoms. The van der Waals surface area contributed by atoms with E-state index in [2.05, 4.69) is 15.0 Å². The second kappa shape index (κ2) is 1.85. The number of aliphatic imine (C=N–C) groups is 3. The van der Waals surface area contributed by atoms with Gasteiger partial charge in [0.1, 0.15) is 12.0 Å². The zero-order valence-electron chi connectivity index (χ0n) is 6.15. The summed E-state index contributed by atoms with van der Waals surface area (Å²) >= 11 is 0. The quantitative estimate of drug-likeness (QED) is 0.520. The van der Waals surface area contributed by atoms with Crippen LogP contribution in [0.3, 0.4) is 0 Å². The van der Waals surface area contributed by atoms with Crippen LogP contribution in [0.1, 0.15) is 6.92 Å². The van der Waals surface area contributed by atoms with Crippen molar-refractivity contribution in [3.63, 3.8) is 0 Å². The van der Waals surface area contributed by atoms with E-state index in [1.807, 2.05) is 13.0 Å². The van der Waals surface area contributed by atoms with Crippen LogP contribution in [0.5, 0.6) is 0 Å². The maximum atomic E-state index is 5.84. The number of allylic oxidation sites excluding steroid dienone is 1. The number of fused-ring (bicyclic) bond motifs is 1. The minimum Gasteiger partial charge on any atom is -0.303 e. The van der Waals surface area contributed by atoms with Gasteiger partial charge in [0.05, 0.1) is 0 Å². The van der Waals surface area contributed by atoms with E-state index in [0.717, 1.165) is 5.57 Å². The SMILES string of the molecule is CC1(N)N=CN=C2N=CC=C21. The summed E-state index contributed by atoms with van der Waals surface area (Å²) in [5.41, 5.74) is 6.08. The average Bonchev–Trinajstić information content (AvgIpc) is 2.34. The number of hydrogen-bond donors (Lipinski definition) is 1. The summed E-state index contributed by atoms with van der Waals surface area (Å²) in [6, 6.07) is 0. The van der Waals surface area contributed by atoms with E-state index < -0.39 is 5.66 Å². The van der Waals surface area contributed by atoms with Gasteiger partial charge in [-0.15, -0.1) is 0 Å². The average molecular weight is 148 g/mol. The minimum absolute atomic E-state index is 0.645. The summed E-state index contributed by atoms with van der Waals surface area (Å²) < 4.78 is 0. The first kappa shape index (κ1) is 6.42. The Morgan fingerprint density at radius 3 is 3.09 bits per heavy atom. The van der Waals surface area contributed by atoms with Crippen LogP contribution in [0.2, 0.25) is 0 Å². The molecule has 2 aliphatic heterocycles. The molecule has 1 atom stereocenters. The van der Waals surface area contributed by atoms with Crippen LogP contribution in [0.15, 0.2) is 26.6 Å². The summed E-state index contributed by atoms with van der Waals surface area (Å²) in [6.07, 6.45) is 4.98. The van der Waals surface area contributed by atoms with Crippen molar-refractivity contribution in [1.82, 2.24) is 0 Å². The molecule has 56 valence electrons. The smallest absolute Gasteiger partial charge is 0.160 e. The molecular formula is C7H8N4. The summed E-state index contributed by atoms with van der Waals surface area (Å²) in [7, 11) is 0. The predicted octanol–water partition coefficient (Wildman–Crippen LogP) is 0.113. The highest BCUT2D eigenvalue weighted by molar-refractivity contribution is 6.15. The van der Waals surface area contributed by atoms with E-state index in [1.165, 1.54) is 6.34 Å². The zero-order chi connectivity index (χ0) is 7.90. The third-order valence-electron chi connectivity index (χ3n) is 1.73. The zero-order valence-corrected chi connectivity index (χ0v) is 6.15. The Balaban J connectivity index is 2.51. The van der Waals surface area contributed by atoms with Crippen molar-refractivity contribution in [2.45, 2.75) is 12.6 Å². The number of hydrogen-bond acceptors (Lipinski definition) is 4. The lowest BCUT2D eigenvalue weighted by atomic mass is 10.0. The van der Waals surface area contributed by atoms with Gasteiger partial charge < -0.3 is 5.73 Å². The lowest BCUT2D eigenvalue weighted by molar-refractivity contribution is 0.600. The lowest BCUT2D eigenvalue weighted by Gasteiger charge is -2.22. The first-order valence-electron chi connectivity index (χ1n) is 3.36. The van der Waals surface area contributed by atoms with Gasteiger partial charge in [-0.3, -0.25) is 0 Å². The Morgan fingerprint density at radius 1 is 1.55 bits per heavy atom. The second-order valence-electron chi connectivity index (χ2n) is 2.70. The number of amidine groups is 1. The Bertz CT molecular complexity index is 306. The Hall–Kier alpha value is -1.29. The van der Waals surface area contributed by atoms with Crippen molar-refractivity contribution >= 4 is 18.4 Å². The maximum Gasteiger partial charge on any atom is 0.160 e. The Labute approximate surface area is 64.3 Å². The monoisotopic (exact) mass is 148 g/mol. The normalized spacial score (nSPS) is 33.3. The fourth-order valence-corrected chi connectivity index (χ4v) is 1.10. The molecule has 0 fully saturated rings. The van der Waals surface area contributed by atoms with E-state index in [9.17, 15) is 0 Å². The van der Waals surface area contributed by atoms with E-state index >= 15 is 0 Å². The Kier molecular flexibility index (Phi) is 1.08. The Morgan fingerprint density at radius 2 is 2.36 bits per heavy atom. The van der Waals surface area contributed by atoms with Gasteiger partial charge in [-0.25, -0.2) is 15.0 Å². The van der Waals surface area contributed by atoms with Gasteiger partial charge in [0.2, 0.25) is 0 Å². The number of rotatable bonds is 0. The molecule has 0 aliphatic carbocycles. The number of nitrogens with zero attached hydrogens (tertiary/aromatic N) is 3. The van der Waals surface area contributed by atoms with Crippen LogP contribution < -0.4 is 5.73 Å². The number of nitrogens with two attached hydrogens (primary N) is 1. The van der Waals surface area contributed by atoms with E-state index in [-0.39, 0.29) is 0 Å². The molecular weight excluding hydrogens is 140 g/mol.